The van der Waals surface area contributed by atoms with Gasteiger partial charge in [0.2, 0.25) is 5.91 Å². The van der Waals surface area contributed by atoms with Crippen LogP contribution < -0.4 is 5.32 Å². The molecule has 0 unspecified atom stereocenters. The molecule has 1 aromatic rings. The van der Waals surface area contributed by atoms with Gasteiger partial charge in [0.05, 0.1) is 5.56 Å². The lowest BCUT2D eigenvalue weighted by molar-refractivity contribution is -0.128. The molecule has 0 bridgehead atoms. The lowest BCUT2D eigenvalue weighted by atomic mass is 9.95. The monoisotopic (exact) mass is 304 g/mol. The SMILES string of the molecule is CC(C)(C)C(=O)NCc1cnc(C(F)F)c(C(=O)Cl)c1. The highest BCUT2D eigenvalue weighted by atomic mass is 35.5. The molecule has 1 aromatic heterocycles. The molecule has 0 fully saturated rings. The van der Waals surface area contributed by atoms with Crippen molar-refractivity contribution < 1.29 is 18.4 Å². The third kappa shape index (κ3) is 4.23. The number of nitrogens with one attached hydrogen (secondary N) is 1. The minimum atomic E-state index is -2.88. The van der Waals surface area contributed by atoms with Crippen LogP contribution in [0.3, 0.4) is 0 Å². The lowest BCUT2D eigenvalue weighted by Crippen LogP contribution is -2.34. The van der Waals surface area contributed by atoms with Crippen molar-refractivity contribution in [2.24, 2.45) is 5.41 Å². The van der Waals surface area contributed by atoms with Crippen molar-refractivity contribution in [3.63, 3.8) is 0 Å². The Morgan fingerprint density at radius 2 is 2.00 bits per heavy atom. The number of nitrogens with zero attached hydrogens (tertiary/aromatic N) is 1. The highest BCUT2D eigenvalue weighted by molar-refractivity contribution is 6.67. The van der Waals surface area contributed by atoms with Crippen LogP contribution in [0, 0.1) is 5.41 Å². The minimum absolute atomic E-state index is 0.0871. The predicted molar refractivity (Wildman–Crippen MR) is 70.7 cm³/mol. The summed E-state index contributed by atoms with van der Waals surface area (Å²) in [4.78, 5) is 26.3. The fourth-order valence-corrected chi connectivity index (χ4v) is 1.55. The van der Waals surface area contributed by atoms with Gasteiger partial charge in [0.15, 0.2) is 0 Å². The Kier molecular flexibility index (Phi) is 5.16. The summed E-state index contributed by atoms with van der Waals surface area (Å²) in [6.07, 6.45) is -1.70. The molecule has 1 rings (SSSR count). The number of hydrogen-bond donors (Lipinski definition) is 1. The number of hydrogen-bond acceptors (Lipinski definition) is 3. The molecule has 1 amide bonds. The average Bonchev–Trinajstić information content (AvgIpc) is 2.34. The molecule has 0 aliphatic carbocycles. The fraction of sp³-hybridized carbons (Fsp3) is 0.462. The quantitative estimate of drug-likeness (QED) is 0.870. The largest absolute Gasteiger partial charge is 0.352 e. The van der Waals surface area contributed by atoms with Gasteiger partial charge in [-0.05, 0) is 23.2 Å². The van der Waals surface area contributed by atoms with Gasteiger partial charge in [0.25, 0.3) is 11.7 Å². The van der Waals surface area contributed by atoms with E-state index in [0.717, 1.165) is 0 Å². The molecule has 0 saturated carbocycles. The number of alkyl halides is 2. The second kappa shape index (κ2) is 6.26. The highest BCUT2D eigenvalue weighted by Gasteiger charge is 2.22. The van der Waals surface area contributed by atoms with Gasteiger partial charge in [-0.25, -0.2) is 8.78 Å². The van der Waals surface area contributed by atoms with Crippen LogP contribution in [0.5, 0.6) is 0 Å². The van der Waals surface area contributed by atoms with Crippen LogP contribution in [0.15, 0.2) is 12.3 Å². The summed E-state index contributed by atoms with van der Waals surface area (Å²) in [5.74, 6) is -0.200. The first-order valence-electron chi connectivity index (χ1n) is 5.88. The van der Waals surface area contributed by atoms with Gasteiger partial charge >= 0.3 is 0 Å². The van der Waals surface area contributed by atoms with Gasteiger partial charge < -0.3 is 5.32 Å². The molecular weight excluding hydrogens is 290 g/mol. The third-order valence-corrected chi connectivity index (χ3v) is 2.73. The third-order valence-electron chi connectivity index (χ3n) is 2.53. The molecule has 7 heteroatoms. The van der Waals surface area contributed by atoms with Crippen LogP contribution in [0.2, 0.25) is 0 Å². The maximum atomic E-state index is 12.6. The molecule has 1 heterocycles. The predicted octanol–water partition coefficient (Wildman–Crippen LogP) is 3.06. The van der Waals surface area contributed by atoms with Crippen molar-refractivity contribution in [3.05, 3.63) is 29.1 Å². The number of carbonyl (C=O) groups is 2. The maximum absolute atomic E-state index is 12.6. The van der Waals surface area contributed by atoms with Crippen LogP contribution in [0.1, 0.15) is 48.8 Å². The number of halogens is 3. The Balaban J connectivity index is 2.91. The summed E-state index contributed by atoms with van der Waals surface area (Å²) < 4.78 is 25.3. The molecule has 20 heavy (non-hydrogen) atoms. The van der Waals surface area contributed by atoms with Crippen LogP contribution in [-0.4, -0.2) is 16.1 Å². The van der Waals surface area contributed by atoms with Crippen LogP contribution in [-0.2, 0) is 11.3 Å². The van der Waals surface area contributed by atoms with E-state index in [0.29, 0.717) is 5.56 Å². The van der Waals surface area contributed by atoms with Crippen molar-refractivity contribution in [1.29, 1.82) is 0 Å². The highest BCUT2D eigenvalue weighted by Crippen LogP contribution is 2.23. The van der Waals surface area contributed by atoms with Crippen molar-refractivity contribution in [1.82, 2.24) is 10.3 Å². The normalized spacial score (nSPS) is 11.6. The molecule has 0 aliphatic rings. The second-order valence-electron chi connectivity index (χ2n) is 5.28. The number of aromatic nitrogens is 1. The smallest absolute Gasteiger partial charge is 0.281 e. The zero-order valence-electron chi connectivity index (χ0n) is 11.3. The van der Waals surface area contributed by atoms with E-state index < -0.39 is 22.8 Å². The summed E-state index contributed by atoms with van der Waals surface area (Å²) in [5.41, 5.74) is -1.14. The molecule has 0 saturated heterocycles. The van der Waals surface area contributed by atoms with Gasteiger partial charge in [-0.1, -0.05) is 20.8 Å². The minimum Gasteiger partial charge on any atom is -0.352 e. The Hall–Kier alpha value is -1.56. The van der Waals surface area contributed by atoms with E-state index in [1.165, 1.54) is 12.3 Å². The van der Waals surface area contributed by atoms with Crippen molar-refractivity contribution in [2.75, 3.05) is 0 Å². The van der Waals surface area contributed by atoms with Gasteiger partial charge in [-0.2, -0.15) is 0 Å². The number of carbonyl (C=O) groups excluding carboxylic acids is 2. The molecule has 4 nitrogen and oxygen atoms in total. The summed E-state index contributed by atoms with van der Waals surface area (Å²) in [6.45, 7) is 5.32. The van der Waals surface area contributed by atoms with Gasteiger partial charge in [0, 0.05) is 18.2 Å². The standard InChI is InChI=1S/C13H15ClF2N2O2/c1-13(2,3)12(20)18-6-7-4-8(10(14)19)9(11(15)16)17-5-7/h4-5,11H,6H2,1-3H3,(H,18,20). The number of amides is 1. The zero-order valence-corrected chi connectivity index (χ0v) is 12.1. The van der Waals surface area contributed by atoms with Crippen molar-refractivity contribution >= 4 is 22.8 Å². The molecule has 0 aliphatic heterocycles. The van der Waals surface area contributed by atoms with Crippen molar-refractivity contribution in [2.45, 2.75) is 33.7 Å². The Morgan fingerprint density at radius 3 is 2.45 bits per heavy atom. The van der Waals surface area contributed by atoms with Crippen LogP contribution in [0.25, 0.3) is 0 Å². The summed E-state index contributed by atoms with van der Waals surface area (Å²) in [5, 5.41) is 1.63. The maximum Gasteiger partial charge on any atom is 0.281 e. The zero-order chi connectivity index (χ0) is 15.5. The van der Waals surface area contributed by atoms with Crippen LogP contribution in [0.4, 0.5) is 8.78 Å². The van der Waals surface area contributed by atoms with E-state index in [4.69, 9.17) is 11.6 Å². The Labute approximate surface area is 120 Å². The molecule has 0 spiro atoms. The van der Waals surface area contributed by atoms with Crippen LogP contribution >= 0.6 is 11.6 Å². The van der Waals surface area contributed by atoms with Gasteiger partial charge in [0.1, 0.15) is 5.69 Å². The van der Waals surface area contributed by atoms with Gasteiger partial charge in [-0.15, -0.1) is 0 Å². The summed E-state index contributed by atoms with van der Waals surface area (Å²) in [6, 6.07) is 1.22. The van der Waals surface area contributed by atoms with Gasteiger partial charge in [-0.3, -0.25) is 14.6 Å². The molecule has 0 aromatic carbocycles. The van der Waals surface area contributed by atoms with Crippen molar-refractivity contribution in [3.8, 4) is 0 Å². The topological polar surface area (TPSA) is 59.1 Å². The van der Waals surface area contributed by atoms with E-state index in [-0.39, 0.29) is 18.0 Å². The first-order valence-corrected chi connectivity index (χ1v) is 6.26. The first-order chi connectivity index (χ1) is 9.12. The Morgan fingerprint density at radius 1 is 1.40 bits per heavy atom. The first kappa shape index (κ1) is 16.5. The molecule has 1 N–H and O–H groups in total. The van der Waals surface area contributed by atoms with E-state index in [9.17, 15) is 18.4 Å². The number of rotatable bonds is 4. The molecule has 0 radical (unpaired) electrons. The fourth-order valence-electron chi connectivity index (χ4n) is 1.39. The van der Waals surface area contributed by atoms with E-state index in [1.807, 2.05) is 0 Å². The molecular formula is C13H15ClF2N2O2. The number of pyridine rings is 1. The van der Waals surface area contributed by atoms with E-state index in [1.54, 1.807) is 20.8 Å². The van der Waals surface area contributed by atoms with E-state index in [2.05, 4.69) is 10.3 Å². The summed E-state index contributed by atoms with van der Waals surface area (Å²) >= 11 is 5.26. The molecule has 0 atom stereocenters. The molecule has 110 valence electrons. The average molecular weight is 305 g/mol. The summed E-state index contributed by atoms with van der Waals surface area (Å²) in [7, 11) is 0. The second-order valence-corrected chi connectivity index (χ2v) is 5.63. The lowest BCUT2D eigenvalue weighted by Gasteiger charge is -2.17. The van der Waals surface area contributed by atoms with E-state index >= 15 is 0 Å². The Bertz CT molecular complexity index is 528.